The van der Waals surface area contributed by atoms with Crippen molar-refractivity contribution in [3.63, 3.8) is 0 Å². The molecule has 1 aromatic rings. The Balaban J connectivity index is 1.97. The zero-order valence-corrected chi connectivity index (χ0v) is 10.6. The van der Waals surface area contributed by atoms with Crippen molar-refractivity contribution in [1.29, 1.82) is 0 Å². The molecule has 1 aliphatic heterocycles. The fourth-order valence-corrected chi connectivity index (χ4v) is 3.18. The van der Waals surface area contributed by atoms with E-state index >= 15 is 0 Å². The van der Waals surface area contributed by atoms with Crippen LogP contribution in [0.25, 0.3) is 0 Å². The summed E-state index contributed by atoms with van der Waals surface area (Å²) >= 11 is 3.39. The van der Waals surface area contributed by atoms with E-state index in [0.29, 0.717) is 6.04 Å². The van der Waals surface area contributed by atoms with Gasteiger partial charge in [-0.15, -0.1) is 0 Å². The van der Waals surface area contributed by atoms with Gasteiger partial charge in [0.25, 0.3) is 0 Å². The molecular weight excluding hydrogens is 278 g/mol. The van der Waals surface area contributed by atoms with Crippen molar-refractivity contribution >= 4 is 32.5 Å². The Hall–Kier alpha value is -0.490. The van der Waals surface area contributed by atoms with Gasteiger partial charge in [0.05, 0.1) is 4.47 Å². The normalized spacial score (nSPS) is 26.2. The highest BCUT2D eigenvalue weighted by Gasteiger charge is 2.18. The smallest absolute Gasteiger partial charge is 0.143 e. The lowest BCUT2D eigenvalue weighted by Gasteiger charge is -2.23. The molecule has 0 spiro atoms. The minimum atomic E-state index is -0.609. The van der Waals surface area contributed by atoms with Gasteiger partial charge < -0.3 is 5.32 Å². The Kier molecular flexibility index (Phi) is 3.69. The molecule has 0 saturated carbocycles. The highest BCUT2D eigenvalue weighted by molar-refractivity contribution is 9.10. The van der Waals surface area contributed by atoms with Gasteiger partial charge in [0.2, 0.25) is 0 Å². The summed E-state index contributed by atoms with van der Waals surface area (Å²) < 4.78 is 12.0. The Morgan fingerprint density at radius 1 is 1.47 bits per heavy atom. The van der Waals surface area contributed by atoms with E-state index in [2.05, 4.69) is 31.2 Å². The van der Waals surface area contributed by atoms with E-state index in [1.165, 1.54) is 6.33 Å². The predicted molar refractivity (Wildman–Crippen MR) is 64.3 cm³/mol. The third kappa shape index (κ3) is 2.98. The molecule has 1 aliphatic rings. The molecule has 15 heavy (non-hydrogen) atoms. The van der Waals surface area contributed by atoms with Crippen LogP contribution in [0.15, 0.2) is 17.0 Å². The summed E-state index contributed by atoms with van der Waals surface area (Å²) in [4.78, 5) is 8.05. The van der Waals surface area contributed by atoms with E-state index in [-0.39, 0.29) is 0 Å². The number of nitrogens with one attached hydrogen (secondary N) is 1. The van der Waals surface area contributed by atoms with E-state index in [1.54, 1.807) is 6.20 Å². The number of aromatic nitrogens is 2. The zero-order chi connectivity index (χ0) is 10.7. The highest BCUT2D eigenvalue weighted by atomic mass is 79.9. The van der Waals surface area contributed by atoms with Gasteiger partial charge in [-0.05, 0) is 28.8 Å². The molecule has 6 heteroatoms. The maximum atomic E-state index is 11.2. The molecule has 1 fully saturated rings. The van der Waals surface area contributed by atoms with Gasteiger partial charge >= 0.3 is 0 Å². The second kappa shape index (κ2) is 5.03. The van der Waals surface area contributed by atoms with Crippen molar-refractivity contribution in [2.45, 2.75) is 18.9 Å². The standard InChI is InChI=1S/C9H12BrN3OS/c10-8-5-11-6-12-9(8)13-7-1-3-15(14)4-2-7/h5-7H,1-4H2,(H,11,12,13). The molecule has 0 aromatic carbocycles. The van der Waals surface area contributed by atoms with Crippen molar-refractivity contribution in [3.8, 4) is 0 Å². The molecule has 2 rings (SSSR count). The lowest BCUT2D eigenvalue weighted by molar-refractivity contribution is 0.622. The van der Waals surface area contributed by atoms with Crippen molar-refractivity contribution in [1.82, 2.24) is 9.97 Å². The van der Waals surface area contributed by atoms with Crippen LogP contribution >= 0.6 is 15.9 Å². The van der Waals surface area contributed by atoms with E-state index in [4.69, 9.17) is 0 Å². The van der Waals surface area contributed by atoms with Crippen LogP contribution in [0.4, 0.5) is 5.82 Å². The fourth-order valence-electron chi connectivity index (χ4n) is 1.55. The van der Waals surface area contributed by atoms with Crippen LogP contribution in [0.3, 0.4) is 0 Å². The van der Waals surface area contributed by atoms with Gasteiger partial charge in [-0.3, -0.25) is 4.21 Å². The third-order valence-electron chi connectivity index (χ3n) is 2.40. The largest absolute Gasteiger partial charge is 0.366 e. The van der Waals surface area contributed by atoms with Crippen LogP contribution in [0.5, 0.6) is 0 Å². The van der Waals surface area contributed by atoms with Crippen molar-refractivity contribution in [2.75, 3.05) is 16.8 Å². The van der Waals surface area contributed by atoms with Crippen LogP contribution in [-0.4, -0.2) is 31.7 Å². The topological polar surface area (TPSA) is 54.9 Å². The third-order valence-corrected chi connectivity index (χ3v) is 4.36. The van der Waals surface area contributed by atoms with Crippen LogP contribution in [0, 0.1) is 0 Å². The molecule has 0 radical (unpaired) electrons. The number of nitrogens with zero attached hydrogens (tertiary/aromatic N) is 2. The predicted octanol–water partition coefficient (Wildman–Crippen LogP) is 1.56. The summed E-state index contributed by atoms with van der Waals surface area (Å²) in [6.45, 7) is 0. The van der Waals surface area contributed by atoms with Crippen molar-refractivity contribution < 1.29 is 4.21 Å². The van der Waals surface area contributed by atoms with Crippen LogP contribution in [0.2, 0.25) is 0 Å². The molecule has 82 valence electrons. The summed E-state index contributed by atoms with van der Waals surface area (Å²) in [6.07, 6.45) is 5.14. The van der Waals surface area contributed by atoms with Crippen LogP contribution in [-0.2, 0) is 10.8 Å². The van der Waals surface area contributed by atoms with Gasteiger partial charge in [0, 0.05) is 34.5 Å². The molecule has 1 saturated heterocycles. The van der Waals surface area contributed by atoms with E-state index in [1.807, 2.05) is 0 Å². The van der Waals surface area contributed by atoms with E-state index < -0.39 is 10.8 Å². The summed E-state index contributed by atoms with van der Waals surface area (Å²) in [7, 11) is -0.609. The first-order valence-corrected chi connectivity index (χ1v) is 7.11. The van der Waals surface area contributed by atoms with Crippen molar-refractivity contribution in [2.24, 2.45) is 0 Å². The van der Waals surface area contributed by atoms with Gasteiger partial charge in [0.15, 0.2) is 0 Å². The minimum absolute atomic E-state index is 0.383. The zero-order valence-electron chi connectivity index (χ0n) is 8.15. The minimum Gasteiger partial charge on any atom is -0.366 e. The van der Waals surface area contributed by atoms with Gasteiger partial charge in [-0.2, -0.15) is 0 Å². The molecular formula is C9H12BrN3OS. The molecule has 0 amide bonds. The Morgan fingerprint density at radius 2 is 2.20 bits per heavy atom. The Labute approximate surface area is 99.5 Å². The van der Waals surface area contributed by atoms with Crippen LogP contribution in [0.1, 0.15) is 12.8 Å². The summed E-state index contributed by atoms with van der Waals surface area (Å²) in [5.41, 5.74) is 0. The number of halogens is 1. The second-order valence-corrected chi connectivity index (χ2v) is 6.04. The van der Waals surface area contributed by atoms with Gasteiger partial charge in [-0.25, -0.2) is 9.97 Å². The first kappa shape index (κ1) is 11.0. The average molecular weight is 290 g/mol. The molecule has 0 atom stereocenters. The quantitative estimate of drug-likeness (QED) is 0.898. The first-order chi connectivity index (χ1) is 7.25. The lowest BCUT2D eigenvalue weighted by atomic mass is 10.1. The molecule has 1 N–H and O–H groups in total. The molecule has 1 aromatic heterocycles. The van der Waals surface area contributed by atoms with E-state index in [9.17, 15) is 4.21 Å². The first-order valence-electron chi connectivity index (χ1n) is 4.83. The van der Waals surface area contributed by atoms with Crippen LogP contribution < -0.4 is 5.32 Å². The Bertz CT molecular complexity index is 364. The summed E-state index contributed by atoms with van der Waals surface area (Å²) in [5.74, 6) is 2.41. The molecule has 2 heterocycles. The highest BCUT2D eigenvalue weighted by Crippen LogP contribution is 2.21. The number of rotatable bonds is 2. The summed E-state index contributed by atoms with van der Waals surface area (Å²) in [6, 6.07) is 0.383. The molecule has 0 bridgehead atoms. The Morgan fingerprint density at radius 3 is 2.87 bits per heavy atom. The number of hydrogen-bond donors (Lipinski definition) is 1. The average Bonchev–Trinajstić information content (AvgIpc) is 2.25. The van der Waals surface area contributed by atoms with Gasteiger partial charge in [-0.1, -0.05) is 0 Å². The van der Waals surface area contributed by atoms with E-state index in [0.717, 1.165) is 34.6 Å². The maximum absolute atomic E-state index is 11.2. The maximum Gasteiger partial charge on any atom is 0.143 e. The molecule has 0 aliphatic carbocycles. The van der Waals surface area contributed by atoms with Crippen molar-refractivity contribution in [3.05, 3.63) is 17.0 Å². The fraction of sp³-hybridized carbons (Fsp3) is 0.556. The lowest BCUT2D eigenvalue weighted by Crippen LogP contribution is -2.29. The van der Waals surface area contributed by atoms with Gasteiger partial charge in [0.1, 0.15) is 12.1 Å². The number of hydrogen-bond acceptors (Lipinski definition) is 4. The summed E-state index contributed by atoms with van der Waals surface area (Å²) in [5, 5.41) is 3.34. The monoisotopic (exact) mass is 289 g/mol. The molecule has 4 nitrogen and oxygen atoms in total. The number of anilines is 1. The SMILES string of the molecule is O=S1CCC(Nc2ncncc2Br)CC1. The molecule has 0 unspecified atom stereocenters. The second-order valence-electron chi connectivity index (χ2n) is 3.49.